The lowest BCUT2D eigenvalue weighted by atomic mass is 10.1. The molecule has 0 unspecified atom stereocenters. The molecular formula is C25H27ClN4O2. The predicted molar refractivity (Wildman–Crippen MR) is 128 cm³/mol. The van der Waals surface area contributed by atoms with E-state index < -0.39 is 0 Å². The van der Waals surface area contributed by atoms with Crippen molar-refractivity contribution in [2.75, 3.05) is 26.3 Å². The standard InChI is InChI=1S/C25H27ClN4O2/c1-18-14-22(19(2)30(18)24-5-3-4-23(26)15-24)16-27-28-25(31)21-8-6-20(7-9-21)17-29-10-12-32-13-11-29/h3-9,14-16H,10-13,17H2,1-2H3,(H,28,31)/b27-16-. The second-order valence-electron chi connectivity index (χ2n) is 7.93. The number of nitrogens with one attached hydrogen (secondary N) is 1. The van der Waals surface area contributed by atoms with Crippen LogP contribution in [0.15, 0.2) is 59.7 Å². The molecule has 1 aliphatic heterocycles. The number of morpholine rings is 1. The third kappa shape index (κ3) is 5.27. The van der Waals surface area contributed by atoms with Gasteiger partial charge in [-0.2, -0.15) is 5.10 Å². The summed E-state index contributed by atoms with van der Waals surface area (Å²) in [5.41, 5.74) is 8.40. The van der Waals surface area contributed by atoms with Crippen molar-refractivity contribution in [3.63, 3.8) is 0 Å². The summed E-state index contributed by atoms with van der Waals surface area (Å²) in [6.45, 7) is 8.35. The molecule has 0 atom stereocenters. The van der Waals surface area contributed by atoms with Crippen LogP contribution in [0.3, 0.4) is 0 Å². The van der Waals surface area contributed by atoms with E-state index in [0.717, 1.165) is 55.5 Å². The minimum Gasteiger partial charge on any atom is -0.379 e. The molecule has 4 rings (SSSR count). The molecule has 1 saturated heterocycles. The van der Waals surface area contributed by atoms with Gasteiger partial charge in [0.05, 0.1) is 19.4 Å². The zero-order chi connectivity index (χ0) is 22.5. The highest BCUT2D eigenvalue weighted by Crippen LogP contribution is 2.22. The van der Waals surface area contributed by atoms with Gasteiger partial charge in [-0.25, -0.2) is 5.43 Å². The molecule has 3 aromatic rings. The number of aromatic nitrogens is 1. The molecule has 6 nitrogen and oxygen atoms in total. The van der Waals surface area contributed by atoms with Gasteiger partial charge >= 0.3 is 0 Å². The average Bonchev–Trinajstić information content (AvgIpc) is 3.08. The maximum atomic E-state index is 12.5. The quantitative estimate of drug-likeness (QED) is 0.449. The number of aryl methyl sites for hydroxylation is 1. The van der Waals surface area contributed by atoms with E-state index in [0.29, 0.717) is 10.6 Å². The molecule has 2 aromatic carbocycles. The normalized spacial score (nSPS) is 14.7. The number of rotatable bonds is 6. The summed E-state index contributed by atoms with van der Waals surface area (Å²) in [4.78, 5) is 14.8. The first-order valence-electron chi connectivity index (χ1n) is 10.7. The van der Waals surface area contributed by atoms with Crippen LogP contribution < -0.4 is 5.43 Å². The van der Waals surface area contributed by atoms with E-state index in [1.54, 1.807) is 6.21 Å². The first kappa shape index (κ1) is 22.3. The van der Waals surface area contributed by atoms with E-state index in [1.165, 1.54) is 5.56 Å². The summed E-state index contributed by atoms with van der Waals surface area (Å²) in [6, 6.07) is 17.4. The molecule has 0 spiro atoms. The van der Waals surface area contributed by atoms with E-state index in [9.17, 15) is 4.79 Å². The van der Waals surface area contributed by atoms with E-state index in [2.05, 4.69) is 20.0 Å². The summed E-state index contributed by atoms with van der Waals surface area (Å²) in [5, 5.41) is 4.86. The Bertz CT molecular complexity index is 1120. The van der Waals surface area contributed by atoms with Crippen molar-refractivity contribution in [3.05, 3.63) is 87.7 Å². The van der Waals surface area contributed by atoms with Crippen LogP contribution >= 0.6 is 11.6 Å². The monoisotopic (exact) mass is 450 g/mol. The molecule has 0 aliphatic carbocycles. The summed E-state index contributed by atoms with van der Waals surface area (Å²) in [5.74, 6) is -0.233. The number of hydrogen-bond acceptors (Lipinski definition) is 4. The molecule has 1 N–H and O–H groups in total. The molecule has 166 valence electrons. The van der Waals surface area contributed by atoms with Crippen LogP contribution in [-0.4, -0.2) is 47.9 Å². The van der Waals surface area contributed by atoms with Gasteiger partial charge in [-0.1, -0.05) is 29.8 Å². The number of carbonyl (C=O) groups is 1. The van der Waals surface area contributed by atoms with E-state index in [1.807, 2.05) is 68.4 Å². The van der Waals surface area contributed by atoms with Crippen LogP contribution in [0.4, 0.5) is 0 Å². The second-order valence-corrected chi connectivity index (χ2v) is 8.36. The Morgan fingerprint density at radius 2 is 1.88 bits per heavy atom. The lowest BCUT2D eigenvalue weighted by molar-refractivity contribution is 0.0342. The Hall–Kier alpha value is -2.93. The van der Waals surface area contributed by atoms with Gasteiger partial charge in [-0.15, -0.1) is 0 Å². The maximum Gasteiger partial charge on any atom is 0.271 e. The molecule has 0 radical (unpaired) electrons. The summed E-state index contributed by atoms with van der Waals surface area (Å²) >= 11 is 6.15. The minimum atomic E-state index is -0.233. The molecule has 1 aromatic heterocycles. The molecular weight excluding hydrogens is 424 g/mol. The molecule has 0 bridgehead atoms. The lowest BCUT2D eigenvalue weighted by Gasteiger charge is -2.26. The SMILES string of the molecule is Cc1cc(/C=N\NC(=O)c2ccc(CN3CCOCC3)cc2)c(C)n1-c1cccc(Cl)c1. The summed E-state index contributed by atoms with van der Waals surface area (Å²) < 4.78 is 7.50. The number of nitrogens with zero attached hydrogens (tertiary/aromatic N) is 3. The zero-order valence-electron chi connectivity index (χ0n) is 18.3. The van der Waals surface area contributed by atoms with Crippen molar-refractivity contribution in [2.45, 2.75) is 20.4 Å². The Labute approximate surface area is 193 Å². The minimum absolute atomic E-state index is 0.233. The predicted octanol–water partition coefficient (Wildman–Crippen LogP) is 4.34. The van der Waals surface area contributed by atoms with Gasteiger partial charge in [0.15, 0.2) is 0 Å². The topological polar surface area (TPSA) is 58.9 Å². The first-order valence-corrected chi connectivity index (χ1v) is 11.1. The van der Waals surface area contributed by atoms with Crippen LogP contribution in [0, 0.1) is 13.8 Å². The van der Waals surface area contributed by atoms with E-state index >= 15 is 0 Å². The van der Waals surface area contributed by atoms with Gasteiger partial charge in [0.1, 0.15) is 0 Å². The highest BCUT2D eigenvalue weighted by molar-refractivity contribution is 6.30. The fourth-order valence-corrected chi connectivity index (χ4v) is 4.12. The molecule has 32 heavy (non-hydrogen) atoms. The molecule has 1 aliphatic rings. The van der Waals surface area contributed by atoms with Crippen molar-refractivity contribution in [1.82, 2.24) is 14.9 Å². The third-order valence-corrected chi connectivity index (χ3v) is 5.87. The van der Waals surface area contributed by atoms with Crippen LogP contribution in [-0.2, 0) is 11.3 Å². The van der Waals surface area contributed by atoms with Crippen LogP contribution in [0.25, 0.3) is 5.69 Å². The van der Waals surface area contributed by atoms with Crippen molar-refractivity contribution < 1.29 is 9.53 Å². The van der Waals surface area contributed by atoms with Crippen molar-refractivity contribution >= 4 is 23.7 Å². The Morgan fingerprint density at radius 1 is 1.12 bits per heavy atom. The third-order valence-electron chi connectivity index (χ3n) is 5.63. The van der Waals surface area contributed by atoms with Gasteiger partial charge in [0.2, 0.25) is 0 Å². The van der Waals surface area contributed by atoms with Crippen LogP contribution in [0.1, 0.15) is 32.9 Å². The number of halogens is 1. The molecule has 2 heterocycles. The Kier molecular flexibility index (Phi) is 7.05. The highest BCUT2D eigenvalue weighted by Gasteiger charge is 2.12. The number of hydrazone groups is 1. The number of ether oxygens (including phenoxy) is 1. The Balaban J connectivity index is 1.38. The van der Waals surface area contributed by atoms with Crippen LogP contribution in [0.2, 0.25) is 5.02 Å². The largest absolute Gasteiger partial charge is 0.379 e. The zero-order valence-corrected chi connectivity index (χ0v) is 19.1. The fourth-order valence-electron chi connectivity index (χ4n) is 3.93. The second kappa shape index (κ2) is 10.1. The molecule has 1 fully saturated rings. The van der Waals surface area contributed by atoms with E-state index in [-0.39, 0.29) is 5.91 Å². The van der Waals surface area contributed by atoms with E-state index in [4.69, 9.17) is 16.3 Å². The number of benzene rings is 2. The summed E-state index contributed by atoms with van der Waals surface area (Å²) in [7, 11) is 0. The molecule has 7 heteroatoms. The smallest absolute Gasteiger partial charge is 0.271 e. The van der Waals surface area contributed by atoms with Gasteiger partial charge in [-0.05, 0) is 55.8 Å². The maximum absolute atomic E-state index is 12.5. The molecule has 1 amide bonds. The van der Waals surface area contributed by atoms with Gasteiger partial charge in [0.25, 0.3) is 5.91 Å². The van der Waals surface area contributed by atoms with Crippen LogP contribution in [0.5, 0.6) is 0 Å². The number of carbonyl (C=O) groups excluding carboxylic acids is 1. The Morgan fingerprint density at radius 3 is 2.59 bits per heavy atom. The first-order chi connectivity index (χ1) is 15.5. The number of amides is 1. The molecule has 0 saturated carbocycles. The highest BCUT2D eigenvalue weighted by atomic mass is 35.5. The average molecular weight is 451 g/mol. The fraction of sp³-hybridized carbons (Fsp3) is 0.280. The van der Waals surface area contributed by atoms with Gasteiger partial charge < -0.3 is 9.30 Å². The van der Waals surface area contributed by atoms with Crippen molar-refractivity contribution in [2.24, 2.45) is 5.10 Å². The van der Waals surface area contributed by atoms with Gasteiger partial charge in [-0.3, -0.25) is 9.69 Å². The lowest BCUT2D eigenvalue weighted by Crippen LogP contribution is -2.35. The van der Waals surface area contributed by atoms with Gasteiger partial charge in [0, 0.05) is 52.9 Å². The van der Waals surface area contributed by atoms with Crippen molar-refractivity contribution in [1.29, 1.82) is 0 Å². The number of hydrogen-bond donors (Lipinski definition) is 1. The summed E-state index contributed by atoms with van der Waals surface area (Å²) in [6.07, 6.45) is 1.67. The van der Waals surface area contributed by atoms with Crippen molar-refractivity contribution in [3.8, 4) is 5.69 Å².